The van der Waals surface area contributed by atoms with Gasteiger partial charge >= 0.3 is 12.0 Å². The Bertz CT molecular complexity index is 637. The number of carbonyl (C=O) groups excluding carboxylic acids is 1. The Balaban J connectivity index is 1.86. The highest BCUT2D eigenvalue weighted by molar-refractivity contribution is 5.99. The molecule has 2 amide bonds. The molecule has 0 saturated carbocycles. The minimum atomic E-state index is -1.12. The fourth-order valence-corrected chi connectivity index (χ4v) is 1.89. The number of carboxylic acid groups (broad SMARTS) is 1. The number of hydrogen-bond donors (Lipinski definition) is 4. The molecule has 2 heterocycles. The predicted molar refractivity (Wildman–Crippen MR) is 77.5 cm³/mol. The van der Waals surface area contributed by atoms with Gasteiger partial charge in [0.2, 0.25) is 0 Å². The van der Waals surface area contributed by atoms with E-state index in [9.17, 15) is 9.59 Å². The van der Waals surface area contributed by atoms with Crippen LogP contribution in [0.25, 0.3) is 0 Å². The molecule has 0 aliphatic rings. The molecule has 0 fully saturated rings. The maximum atomic E-state index is 11.7. The maximum Gasteiger partial charge on any atom is 0.354 e. The lowest BCUT2D eigenvalue weighted by molar-refractivity contribution is 0.0692. The third kappa shape index (κ3) is 4.07. The number of rotatable bonds is 5. The predicted octanol–water partition coefficient (Wildman–Crippen LogP) is 1.78. The molecule has 2 rings (SSSR count). The van der Waals surface area contributed by atoms with Gasteiger partial charge in [-0.1, -0.05) is 0 Å². The third-order valence-corrected chi connectivity index (χ3v) is 2.86. The lowest BCUT2D eigenvalue weighted by atomic mass is 10.2. The number of nitrogens with zero attached hydrogens (tertiary/aromatic N) is 1. The zero-order chi connectivity index (χ0) is 15.2. The third-order valence-electron chi connectivity index (χ3n) is 2.86. The number of aromatic nitrogens is 2. The Morgan fingerprint density at radius 1 is 1.33 bits per heavy atom. The maximum absolute atomic E-state index is 11.7. The minimum Gasteiger partial charge on any atom is -0.477 e. The molecule has 4 N–H and O–H groups in total. The number of amides is 2. The summed E-state index contributed by atoms with van der Waals surface area (Å²) in [5.74, 6) is -1.12. The van der Waals surface area contributed by atoms with Gasteiger partial charge in [0.15, 0.2) is 0 Å². The van der Waals surface area contributed by atoms with Gasteiger partial charge in [-0.05, 0) is 37.1 Å². The summed E-state index contributed by atoms with van der Waals surface area (Å²) >= 11 is 0. The van der Waals surface area contributed by atoms with Crippen LogP contribution in [0.1, 0.15) is 21.7 Å². The van der Waals surface area contributed by atoms with Crippen LogP contribution >= 0.6 is 0 Å². The van der Waals surface area contributed by atoms with E-state index in [0.29, 0.717) is 18.7 Å². The number of pyridine rings is 1. The first-order valence-electron chi connectivity index (χ1n) is 6.43. The monoisotopic (exact) mass is 288 g/mol. The first-order valence-corrected chi connectivity index (χ1v) is 6.43. The Morgan fingerprint density at radius 3 is 2.71 bits per heavy atom. The van der Waals surface area contributed by atoms with Crippen LogP contribution in [0, 0.1) is 6.92 Å². The lowest BCUT2D eigenvalue weighted by Gasteiger charge is -2.07. The first-order chi connectivity index (χ1) is 10.1. The van der Waals surface area contributed by atoms with Crippen molar-refractivity contribution in [2.24, 2.45) is 0 Å². The van der Waals surface area contributed by atoms with Gasteiger partial charge in [0.25, 0.3) is 0 Å². The average molecular weight is 288 g/mol. The Labute approximate surface area is 121 Å². The van der Waals surface area contributed by atoms with E-state index in [4.69, 9.17) is 5.11 Å². The minimum absolute atomic E-state index is 0.0308. The SMILES string of the molecule is Cc1cc(NC(=O)NCCc2ccncc2)c(C(=O)O)[nH]1. The molecule has 110 valence electrons. The summed E-state index contributed by atoms with van der Waals surface area (Å²) in [6.45, 7) is 2.17. The standard InChI is InChI=1S/C14H16N4O3/c1-9-8-11(12(17-9)13(19)20)18-14(21)16-7-4-10-2-5-15-6-3-10/h2-3,5-6,8,17H,4,7H2,1H3,(H,19,20)(H2,16,18,21). The van der Waals surface area contributed by atoms with Crippen LogP contribution in [0.2, 0.25) is 0 Å². The van der Waals surface area contributed by atoms with Crippen molar-refractivity contribution in [3.63, 3.8) is 0 Å². The van der Waals surface area contributed by atoms with E-state index in [1.54, 1.807) is 25.4 Å². The van der Waals surface area contributed by atoms with E-state index in [-0.39, 0.29) is 11.4 Å². The number of aromatic carboxylic acids is 1. The van der Waals surface area contributed by atoms with Gasteiger partial charge in [-0.2, -0.15) is 0 Å². The summed E-state index contributed by atoms with van der Waals surface area (Å²) in [6, 6.07) is 4.88. The van der Waals surface area contributed by atoms with E-state index < -0.39 is 12.0 Å². The summed E-state index contributed by atoms with van der Waals surface area (Å²) in [5.41, 5.74) is 1.95. The zero-order valence-corrected chi connectivity index (χ0v) is 11.5. The fraction of sp³-hybridized carbons (Fsp3) is 0.214. The van der Waals surface area contributed by atoms with Gasteiger partial charge in [0.1, 0.15) is 5.69 Å². The van der Waals surface area contributed by atoms with Crippen molar-refractivity contribution >= 4 is 17.7 Å². The molecule has 0 aliphatic carbocycles. The van der Waals surface area contributed by atoms with Crippen LogP contribution in [0.15, 0.2) is 30.6 Å². The molecule has 0 saturated heterocycles. The van der Waals surface area contributed by atoms with Crippen LogP contribution in [0.5, 0.6) is 0 Å². The summed E-state index contributed by atoms with van der Waals surface area (Å²) in [7, 11) is 0. The summed E-state index contributed by atoms with van der Waals surface area (Å²) in [5, 5.41) is 14.2. The number of carbonyl (C=O) groups is 2. The number of urea groups is 1. The zero-order valence-electron chi connectivity index (χ0n) is 11.5. The van der Waals surface area contributed by atoms with Crippen molar-refractivity contribution in [2.45, 2.75) is 13.3 Å². The van der Waals surface area contributed by atoms with Crippen molar-refractivity contribution in [2.75, 3.05) is 11.9 Å². The van der Waals surface area contributed by atoms with Gasteiger partial charge in [0.05, 0.1) is 5.69 Å². The molecule has 2 aromatic heterocycles. The van der Waals surface area contributed by atoms with Gasteiger partial charge < -0.3 is 20.7 Å². The lowest BCUT2D eigenvalue weighted by Crippen LogP contribution is -2.30. The van der Waals surface area contributed by atoms with E-state index >= 15 is 0 Å². The number of hydrogen-bond acceptors (Lipinski definition) is 3. The molecule has 0 aromatic carbocycles. The number of aryl methyl sites for hydroxylation is 1. The number of H-pyrrole nitrogens is 1. The van der Waals surface area contributed by atoms with Gasteiger partial charge in [0, 0.05) is 24.6 Å². The molecule has 7 heteroatoms. The van der Waals surface area contributed by atoms with Crippen LogP contribution in [-0.2, 0) is 6.42 Å². The number of carboxylic acids is 1. The summed E-state index contributed by atoms with van der Waals surface area (Å²) in [6.07, 6.45) is 4.06. The second-order valence-electron chi connectivity index (χ2n) is 4.53. The van der Waals surface area contributed by atoms with Crippen molar-refractivity contribution in [1.82, 2.24) is 15.3 Å². The molecular weight excluding hydrogens is 272 g/mol. The second kappa shape index (κ2) is 6.56. The van der Waals surface area contributed by atoms with E-state index in [1.165, 1.54) is 0 Å². The molecule has 0 radical (unpaired) electrons. The largest absolute Gasteiger partial charge is 0.477 e. The van der Waals surface area contributed by atoms with E-state index in [1.807, 2.05) is 12.1 Å². The highest BCUT2D eigenvalue weighted by atomic mass is 16.4. The van der Waals surface area contributed by atoms with Crippen LogP contribution < -0.4 is 10.6 Å². The van der Waals surface area contributed by atoms with Crippen molar-refractivity contribution in [3.05, 3.63) is 47.5 Å². The number of nitrogens with one attached hydrogen (secondary N) is 3. The normalized spacial score (nSPS) is 10.1. The van der Waals surface area contributed by atoms with Gasteiger partial charge in [-0.15, -0.1) is 0 Å². The number of anilines is 1. The summed E-state index contributed by atoms with van der Waals surface area (Å²) in [4.78, 5) is 29.3. The molecule has 0 unspecified atom stereocenters. The highest BCUT2D eigenvalue weighted by Crippen LogP contribution is 2.16. The Hall–Kier alpha value is -2.83. The van der Waals surface area contributed by atoms with Gasteiger partial charge in [-0.3, -0.25) is 4.98 Å². The average Bonchev–Trinajstić information content (AvgIpc) is 2.81. The molecule has 0 aliphatic heterocycles. The van der Waals surface area contributed by atoms with Crippen molar-refractivity contribution in [1.29, 1.82) is 0 Å². The van der Waals surface area contributed by atoms with Crippen molar-refractivity contribution in [3.8, 4) is 0 Å². The van der Waals surface area contributed by atoms with Gasteiger partial charge in [-0.25, -0.2) is 9.59 Å². The molecule has 21 heavy (non-hydrogen) atoms. The molecule has 0 atom stereocenters. The molecule has 0 spiro atoms. The van der Waals surface area contributed by atoms with E-state index in [2.05, 4.69) is 20.6 Å². The molecule has 0 bridgehead atoms. The van der Waals surface area contributed by atoms with E-state index in [0.717, 1.165) is 5.56 Å². The topological polar surface area (TPSA) is 107 Å². The Kier molecular flexibility index (Phi) is 4.55. The highest BCUT2D eigenvalue weighted by Gasteiger charge is 2.14. The van der Waals surface area contributed by atoms with Crippen LogP contribution in [0.3, 0.4) is 0 Å². The van der Waals surface area contributed by atoms with Crippen LogP contribution in [0.4, 0.5) is 10.5 Å². The fourth-order valence-electron chi connectivity index (χ4n) is 1.89. The summed E-state index contributed by atoms with van der Waals surface area (Å²) < 4.78 is 0. The first kappa shape index (κ1) is 14.6. The second-order valence-corrected chi connectivity index (χ2v) is 4.53. The number of aromatic amines is 1. The van der Waals surface area contributed by atoms with Crippen LogP contribution in [-0.4, -0.2) is 33.6 Å². The smallest absolute Gasteiger partial charge is 0.354 e. The molecule has 7 nitrogen and oxygen atoms in total. The molecular formula is C14H16N4O3. The quantitative estimate of drug-likeness (QED) is 0.672. The Morgan fingerprint density at radius 2 is 2.05 bits per heavy atom. The molecule has 2 aromatic rings. The van der Waals surface area contributed by atoms with Crippen molar-refractivity contribution < 1.29 is 14.7 Å².